The predicted octanol–water partition coefficient (Wildman–Crippen LogP) is 4.76. The molecule has 0 bridgehead atoms. The van der Waals surface area contributed by atoms with E-state index in [1.807, 2.05) is 54.6 Å². The van der Waals surface area contributed by atoms with Crippen LogP contribution in [-0.4, -0.2) is 30.7 Å². The van der Waals surface area contributed by atoms with Gasteiger partial charge in [-0.1, -0.05) is 41.9 Å². The number of hydrogen-bond donors (Lipinski definition) is 1. The van der Waals surface area contributed by atoms with Gasteiger partial charge in [-0.25, -0.2) is 0 Å². The van der Waals surface area contributed by atoms with E-state index >= 15 is 0 Å². The SMILES string of the molecule is O=C(Nc1ccc(-c2ccc3nnc(-c4ccccn4)n3n2)cc1)c1ccccc1Cl. The molecule has 0 saturated heterocycles. The Labute approximate surface area is 182 Å². The van der Waals surface area contributed by atoms with E-state index in [-0.39, 0.29) is 5.91 Å². The number of carbonyl (C=O) groups is 1. The van der Waals surface area contributed by atoms with Crippen LogP contribution in [0.2, 0.25) is 5.02 Å². The lowest BCUT2D eigenvalue weighted by Gasteiger charge is -2.08. The van der Waals surface area contributed by atoms with E-state index in [0.717, 1.165) is 11.3 Å². The summed E-state index contributed by atoms with van der Waals surface area (Å²) in [6.45, 7) is 0. The molecule has 0 radical (unpaired) electrons. The quantitative estimate of drug-likeness (QED) is 0.448. The fourth-order valence-corrected chi connectivity index (χ4v) is 3.39. The van der Waals surface area contributed by atoms with Gasteiger partial charge in [-0.2, -0.15) is 9.61 Å². The van der Waals surface area contributed by atoms with Crippen molar-refractivity contribution in [2.75, 3.05) is 5.32 Å². The largest absolute Gasteiger partial charge is 0.322 e. The van der Waals surface area contributed by atoms with Gasteiger partial charge in [0.2, 0.25) is 5.82 Å². The van der Waals surface area contributed by atoms with Crippen LogP contribution in [0, 0.1) is 0 Å². The third-order valence-electron chi connectivity index (χ3n) is 4.71. The number of nitrogens with zero attached hydrogens (tertiary/aromatic N) is 5. The maximum atomic E-state index is 12.4. The summed E-state index contributed by atoms with van der Waals surface area (Å²) in [4.78, 5) is 16.8. The first-order chi connectivity index (χ1) is 15.2. The Hall–Kier alpha value is -4.10. The summed E-state index contributed by atoms with van der Waals surface area (Å²) in [7, 11) is 0. The molecule has 0 aliphatic rings. The number of amides is 1. The molecule has 0 fully saturated rings. The highest BCUT2D eigenvalue weighted by atomic mass is 35.5. The summed E-state index contributed by atoms with van der Waals surface area (Å²) in [6, 6.07) is 23.7. The van der Waals surface area contributed by atoms with E-state index in [9.17, 15) is 4.79 Å². The van der Waals surface area contributed by atoms with Crippen molar-refractivity contribution in [3.8, 4) is 22.8 Å². The van der Waals surface area contributed by atoms with Crippen LogP contribution in [0.4, 0.5) is 5.69 Å². The lowest BCUT2D eigenvalue weighted by molar-refractivity contribution is 0.102. The predicted molar refractivity (Wildman–Crippen MR) is 119 cm³/mol. The first-order valence-electron chi connectivity index (χ1n) is 9.49. The molecular weight excluding hydrogens is 412 g/mol. The van der Waals surface area contributed by atoms with E-state index in [4.69, 9.17) is 11.6 Å². The van der Waals surface area contributed by atoms with Gasteiger partial charge in [-0.3, -0.25) is 9.78 Å². The molecule has 7 nitrogen and oxygen atoms in total. The highest BCUT2D eigenvalue weighted by Crippen LogP contribution is 2.23. The van der Waals surface area contributed by atoms with Gasteiger partial charge < -0.3 is 5.32 Å². The number of hydrogen-bond acceptors (Lipinski definition) is 5. The Morgan fingerprint density at radius 2 is 1.65 bits per heavy atom. The zero-order chi connectivity index (χ0) is 21.2. The molecule has 3 aromatic heterocycles. The summed E-state index contributed by atoms with van der Waals surface area (Å²) < 4.78 is 1.67. The van der Waals surface area contributed by atoms with E-state index in [1.165, 1.54) is 0 Å². The van der Waals surface area contributed by atoms with Crippen molar-refractivity contribution in [1.29, 1.82) is 0 Å². The first kappa shape index (κ1) is 18.9. The van der Waals surface area contributed by atoms with E-state index in [2.05, 4.69) is 25.6 Å². The van der Waals surface area contributed by atoms with Crippen LogP contribution in [0.1, 0.15) is 10.4 Å². The second kappa shape index (κ2) is 7.97. The summed E-state index contributed by atoms with van der Waals surface area (Å²) in [5.74, 6) is 0.309. The molecular formula is C23H15ClN6O. The highest BCUT2D eigenvalue weighted by Gasteiger charge is 2.12. The molecule has 0 saturated carbocycles. The van der Waals surface area contributed by atoms with Crippen LogP contribution < -0.4 is 5.32 Å². The third-order valence-corrected chi connectivity index (χ3v) is 5.04. The van der Waals surface area contributed by atoms with Gasteiger partial charge in [0.15, 0.2) is 5.65 Å². The number of benzene rings is 2. The molecule has 8 heteroatoms. The normalized spacial score (nSPS) is 10.9. The molecule has 1 N–H and O–H groups in total. The molecule has 5 aromatic rings. The summed E-state index contributed by atoms with van der Waals surface area (Å²) >= 11 is 6.10. The van der Waals surface area contributed by atoms with Crippen molar-refractivity contribution in [2.24, 2.45) is 0 Å². The number of anilines is 1. The van der Waals surface area contributed by atoms with Crippen molar-refractivity contribution in [3.63, 3.8) is 0 Å². The molecule has 0 spiro atoms. The summed E-state index contributed by atoms with van der Waals surface area (Å²) in [5.41, 5.74) is 4.04. The number of rotatable bonds is 4. The Bertz CT molecular complexity index is 1380. The Morgan fingerprint density at radius 3 is 2.42 bits per heavy atom. The second-order valence-corrected chi connectivity index (χ2v) is 7.15. The number of nitrogens with one attached hydrogen (secondary N) is 1. The fraction of sp³-hybridized carbons (Fsp3) is 0. The van der Waals surface area contributed by atoms with Gasteiger partial charge in [0.25, 0.3) is 5.91 Å². The van der Waals surface area contributed by atoms with Gasteiger partial charge in [-0.15, -0.1) is 10.2 Å². The minimum atomic E-state index is -0.262. The van der Waals surface area contributed by atoms with Gasteiger partial charge in [0, 0.05) is 17.4 Å². The van der Waals surface area contributed by atoms with Crippen LogP contribution in [0.25, 0.3) is 28.4 Å². The molecule has 0 atom stereocenters. The average Bonchev–Trinajstić information content (AvgIpc) is 3.24. The van der Waals surface area contributed by atoms with Gasteiger partial charge in [-0.05, 0) is 48.5 Å². The number of fused-ring (bicyclic) bond motifs is 1. The molecule has 31 heavy (non-hydrogen) atoms. The van der Waals surface area contributed by atoms with Crippen molar-refractivity contribution in [1.82, 2.24) is 24.8 Å². The number of halogens is 1. The third kappa shape index (κ3) is 3.74. The molecule has 2 aromatic carbocycles. The van der Waals surface area contributed by atoms with E-state index in [1.54, 1.807) is 35.0 Å². The van der Waals surface area contributed by atoms with Crippen LogP contribution >= 0.6 is 11.6 Å². The average molecular weight is 427 g/mol. The fourth-order valence-electron chi connectivity index (χ4n) is 3.17. The molecule has 5 rings (SSSR count). The monoisotopic (exact) mass is 426 g/mol. The summed E-state index contributed by atoms with van der Waals surface area (Å²) in [5, 5.41) is 16.3. The highest BCUT2D eigenvalue weighted by molar-refractivity contribution is 6.34. The van der Waals surface area contributed by atoms with Crippen molar-refractivity contribution < 1.29 is 4.79 Å². The standard InChI is InChI=1S/C23H15ClN6O/c24-18-6-2-1-5-17(18)23(31)26-16-10-8-15(9-11-16)19-12-13-21-27-28-22(30(21)29-19)20-7-3-4-14-25-20/h1-14H,(H,26,31). The number of aromatic nitrogens is 5. The minimum absolute atomic E-state index is 0.262. The zero-order valence-corrected chi connectivity index (χ0v) is 16.9. The van der Waals surface area contributed by atoms with Crippen LogP contribution in [0.3, 0.4) is 0 Å². The van der Waals surface area contributed by atoms with E-state index in [0.29, 0.717) is 33.4 Å². The lowest BCUT2D eigenvalue weighted by atomic mass is 10.1. The number of pyridine rings is 1. The van der Waals surface area contributed by atoms with Crippen LogP contribution in [0.5, 0.6) is 0 Å². The molecule has 150 valence electrons. The van der Waals surface area contributed by atoms with Crippen LogP contribution in [0.15, 0.2) is 85.1 Å². The van der Waals surface area contributed by atoms with Crippen molar-refractivity contribution in [3.05, 3.63) is 95.6 Å². The molecule has 0 unspecified atom stereocenters. The topological polar surface area (TPSA) is 85.1 Å². The van der Waals surface area contributed by atoms with Crippen molar-refractivity contribution >= 4 is 28.8 Å². The van der Waals surface area contributed by atoms with Crippen LogP contribution in [-0.2, 0) is 0 Å². The van der Waals surface area contributed by atoms with Gasteiger partial charge in [0.1, 0.15) is 5.69 Å². The number of carbonyl (C=O) groups excluding carboxylic acids is 1. The minimum Gasteiger partial charge on any atom is -0.322 e. The smallest absolute Gasteiger partial charge is 0.257 e. The maximum Gasteiger partial charge on any atom is 0.257 e. The zero-order valence-electron chi connectivity index (χ0n) is 16.1. The molecule has 1 amide bonds. The Balaban J connectivity index is 1.42. The summed E-state index contributed by atoms with van der Waals surface area (Å²) in [6.07, 6.45) is 1.70. The van der Waals surface area contributed by atoms with Gasteiger partial charge >= 0.3 is 0 Å². The molecule has 0 aliphatic carbocycles. The Morgan fingerprint density at radius 1 is 0.839 bits per heavy atom. The Kier molecular flexibility index (Phi) is 4.86. The lowest BCUT2D eigenvalue weighted by Crippen LogP contribution is -2.12. The second-order valence-electron chi connectivity index (χ2n) is 6.74. The molecule has 3 heterocycles. The molecule has 0 aliphatic heterocycles. The van der Waals surface area contributed by atoms with E-state index < -0.39 is 0 Å². The first-order valence-corrected chi connectivity index (χ1v) is 9.87. The van der Waals surface area contributed by atoms with Gasteiger partial charge in [0.05, 0.1) is 16.3 Å². The van der Waals surface area contributed by atoms with Crippen molar-refractivity contribution in [2.45, 2.75) is 0 Å². The maximum absolute atomic E-state index is 12.4.